The van der Waals surface area contributed by atoms with Gasteiger partial charge in [0.1, 0.15) is 0 Å². The van der Waals surface area contributed by atoms with E-state index < -0.39 is 11.5 Å². The van der Waals surface area contributed by atoms with Crippen LogP contribution < -0.4 is 5.32 Å². The highest BCUT2D eigenvalue weighted by atomic mass is 16.3. The lowest BCUT2D eigenvalue weighted by Gasteiger charge is -2.19. The largest absolute Gasteiger partial charge is 0.388 e. The first-order chi connectivity index (χ1) is 10.9. The number of hydrogen-bond donors (Lipinski definition) is 2. The molecule has 0 aliphatic carbocycles. The number of aryl methyl sites for hydroxylation is 1. The number of carbonyl (C=O) groups is 1. The average Bonchev–Trinajstić information content (AvgIpc) is 2.77. The van der Waals surface area contributed by atoms with Crippen LogP contribution >= 0.6 is 0 Å². The Morgan fingerprint density at radius 1 is 1.17 bits per heavy atom. The van der Waals surface area contributed by atoms with E-state index >= 15 is 0 Å². The average molecular weight is 309 g/mol. The van der Waals surface area contributed by atoms with Gasteiger partial charge < -0.3 is 10.4 Å². The van der Waals surface area contributed by atoms with Crippen molar-refractivity contribution in [2.75, 3.05) is 5.32 Å². The molecule has 2 N–H and O–H groups in total. The molecule has 2 aromatic rings. The maximum absolute atomic E-state index is 12.2. The molecule has 23 heavy (non-hydrogen) atoms. The van der Waals surface area contributed by atoms with Gasteiger partial charge in [0, 0.05) is 12.1 Å². The van der Waals surface area contributed by atoms with Gasteiger partial charge in [-0.15, -0.1) is 0 Å². The zero-order chi connectivity index (χ0) is 16.6. The molecule has 0 radical (unpaired) electrons. The minimum absolute atomic E-state index is 0.0249. The van der Waals surface area contributed by atoms with Crippen LogP contribution in [0.4, 0.5) is 5.69 Å². The molecule has 1 unspecified atom stereocenters. The van der Waals surface area contributed by atoms with Gasteiger partial charge in [0.05, 0.1) is 11.5 Å². The van der Waals surface area contributed by atoms with E-state index in [1.165, 1.54) is 0 Å². The second kappa shape index (κ2) is 5.82. The Morgan fingerprint density at radius 3 is 2.52 bits per heavy atom. The zero-order valence-electron chi connectivity index (χ0n) is 13.9. The summed E-state index contributed by atoms with van der Waals surface area (Å²) in [6.07, 6.45) is 0.828. The van der Waals surface area contributed by atoms with Gasteiger partial charge in [-0.25, -0.2) is 0 Å². The standard InChI is InChI=1S/C20H23NO2/c1-4-14-11-15(17(22)10-13-8-6-5-7-9-13)12-16-18(14)21-19(23)20(16,2)3/h5-9,11-12,17,22H,4,10H2,1-3H3,(H,21,23). The lowest BCUT2D eigenvalue weighted by atomic mass is 9.83. The Labute approximate surface area is 137 Å². The summed E-state index contributed by atoms with van der Waals surface area (Å²) in [7, 11) is 0. The molecule has 1 aliphatic heterocycles. The van der Waals surface area contributed by atoms with E-state index in [-0.39, 0.29) is 5.91 Å². The summed E-state index contributed by atoms with van der Waals surface area (Å²) in [4.78, 5) is 12.2. The molecule has 2 aromatic carbocycles. The van der Waals surface area contributed by atoms with Crippen LogP contribution in [0.15, 0.2) is 42.5 Å². The molecule has 3 heteroatoms. The van der Waals surface area contributed by atoms with E-state index in [0.29, 0.717) is 6.42 Å². The van der Waals surface area contributed by atoms with Gasteiger partial charge in [0.2, 0.25) is 5.91 Å². The van der Waals surface area contributed by atoms with Gasteiger partial charge in [-0.05, 0) is 42.5 Å². The van der Waals surface area contributed by atoms with Crippen molar-refractivity contribution in [2.45, 2.75) is 45.1 Å². The fraction of sp³-hybridized carbons (Fsp3) is 0.350. The van der Waals surface area contributed by atoms with Crippen LogP contribution in [-0.2, 0) is 23.1 Å². The molecule has 0 saturated heterocycles. The molecule has 0 spiro atoms. The van der Waals surface area contributed by atoms with Gasteiger partial charge >= 0.3 is 0 Å². The van der Waals surface area contributed by atoms with Crippen LogP contribution in [0.2, 0.25) is 0 Å². The van der Waals surface area contributed by atoms with Crippen LogP contribution in [0.25, 0.3) is 0 Å². The van der Waals surface area contributed by atoms with Gasteiger partial charge in [0.15, 0.2) is 0 Å². The molecule has 1 heterocycles. The number of hydrogen-bond acceptors (Lipinski definition) is 2. The third kappa shape index (κ3) is 2.77. The molecule has 1 atom stereocenters. The molecular weight excluding hydrogens is 286 g/mol. The molecule has 0 aromatic heterocycles. The summed E-state index contributed by atoms with van der Waals surface area (Å²) in [5, 5.41) is 13.7. The van der Waals surface area contributed by atoms with Crippen molar-refractivity contribution in [2.24, 2.45) is 0 Å². The van der Waals surface area contributed by atoms with Crippen LogP contribution in [0.5, 0.6) is 0 Å². The summed E-state index contributed by atoms with van der Waals surface area (Å²) in [6, 6.07) is 14.0. The van der Waals surface area contributed by atoms with Crippen molar-refractivity contribution in [1.82, 2.24) is 0 Å². The first-order valence-electron chi connectivity index (χ1n) is 8.14. The van der Waals surface area contributed by atoms with Crippen molar-refractivity contribution >= 4 is 11.6 Å². The molecule has 3 nitrogen and oxygen atoms in total. The van der Waals surface area contributed by atoms with E-state index in [0.717, 1.165) is 34.4 Å². The first-order valence-corrected chi connectivity index (χ1v) is 8.14. The summed E-state index contributed by atoms with van der Waals surface area (Å²) in [6.45, 7) is 5.93. The lowest BCUT2D eigenvalue weighted by Crippen LogP contribution is -2.26. The Balaban J connectivity index is 1.98. The van der Waals surface area contributed by atoms with Crippen LogP contribution in [0, 0.1) is 0 Å². The van der Waals surface area contributed by atoms with E-state index in [2.05, 4.69) is 12.2 Å². The highest BCUT2D eigenvalue weighted by Gasteiger charge is 2.39. The van der Waals surface area contributed by atoms with Gasteiger partial charge in [-0.3, -0.25) is 4.79 Å². The highest BCUT2D eigenvalue weighted by Crippen LogP contribution is 2.41. The molecular formula is C20H23NO2. The zero-order valence-corrected chi connectivity index (χ0v) is 13.9. The molecule has 120 valence electrons. The molecule has 0 bridgehead atoms. The number of fused-ring (bicyclic) bond motifs is 1. The summed E-state index contributed by atoms with van der Waals surface area (Å²) >= 11 is 0. The maximum atomic E-state index is 12.2. The van der Waals surface area contributed by atoms with Crippen molar-refractivity contribution < 1.29 is 9.90 Å². The smallest absolute Gasteiger partial charge is 0.234 e. The minimum Gasteiger partial charge on any atom is -0.388 e. The van der Waals surface area contributed by atoms with Crippen molar-refractivity contribution in [3.8, 4) is 0 Å². The first kappa shape index (κ1) is 15.8. The van der Waals surface area contributed by atoms with Crippen molar-refractivity contribution in [3.63, 3.8) is 0 Å². The number of rotatable bonds is 4. The number of anilines is 1. The lowest BCUT2D eigenvalue weighted by molar-refractivity contribution is -0.119. The Bertz CT molecular complexity index is 735. The molecule has 1 aliphatic rings. The minimum atomic E-state index is -0.570. The fourth-order valence-electron chi connectivity index (χ4n) is 3.19. The van der Waals surface area contributed by atoms with Crippen molar-refractivity contribution in [1.29, 1.82) is 0 Å². The summed E-state index contributed by atoms with van der Waals surface area (Å²) in [5.41, 5.74) is 4.44. The second-order valence-electron chi connectivity index (χ2n) is 6.74. The third-order valence-corrected chi connectivity index (χ3v) is 4.76. The summed E-state index contributed by atoms with van der Waals surface area (Å²) in [5.74, 6) is 0.0249. The predicted molar refractivity (Wildman–Crippen MR) is 92.6 cm³/mol. The third-order valence-electron chi connectivity index (χ3n) is 4.76. The Hall–Kier alpha value is -2.13. The topological polar surface area (TPSA) is 49.3 Å². The Morgan fingerprint density at radius 2 is 1.87 bits per heavy atom. The van der Waals surface area contributed by atoms with Crippen molar-refractivity contribution in [3.05, 3.63) is 64.7 Å². The molecule has 3 rings (SSSR count). The van der Waals surface area contributed by atoms with Crippen LogP contribution in [0.1, 0.15) is 49.1 Å². The number of nitrogens with one attached hydrogen (secondary N) is 1. The van der Waals surface area contributed by atoms with E-state index in [1.807, 2.05) is 56.3 Å². The monoisotopic (exact) mass is 309 g/mol. The number of benzene rings is 2. The predicted octanol–water partition coefficient (Wildman–Crippen LogP) is 3.75. The van der Waals surface area contributed by atoms with Crippen LogP contribution in [0.3, 0.4) is 0 Å². The number of aliphatic hydroxyl groups excluding tert-OH is 1. The number of aliphatic hydroxyl groups is 1. The Kier molecular flexibility index (Phi) is 3.99. The van der Waals surface area contributed by atoms with Gasteiger partial charge in [0.25, 0.3) is 0 Å². The van der Waals surface area contributed by atoms with E-state index in [4.69, 9.17) is 0 Å². The van der Waals surface area contributed by atoms with E-state index in [1.54, 1.807) is 0 Å². The fourth-order valence-corrected chi connectivity index (χ4v) is 3.19. The number of amides is 1. The van der Waals surface area contributed by atoms with Gasteiger partial charge in [-0.2, -0.15) is 0 Å². The SMILES string of the molecule is CCc1cc(C(O)Cc2ccccc2)cc2c1NC(=O)C2(C)C. The molecule has 0 saturated carbocycles. The maximum Gasteiger partial charge on any atom is 0.234 e. The second-order valence-corrected chi connectivity index (χ2v) is 6.74. The quantitative estimate of drug-likeness (QED) is 0.903. The highest BCUT2D eigenvalue weighted by molar-refractivity contribution is 6.06. The van der Waals surface area contributed by atoms with Gasteiger partial charge in [-0.1, -0.05) is 49.4 Å². The van der Waals surface area contributed by atoms with E-state index in [9.17, 15) is 9.90 Å². The normalized spacial score (nSPS) is 16.8. The van der Waals surface area contributed by atoms with Crippen LogP contribution in [-0.4, -0.2) is 11.0 Å². The summed E-state index contributed by atoms with van der Waals surface area (Å²) < 4.78 is 0. The number of carbonyl (C=O) groups excluding carboxylic acids is 1. The molecule has 0 fully saturated rings. The molecule has 1 amide bonds.